The number of non-ortho nitro benzene ring substituents is 1. The van der Waals surface area contributed by atoms with Crippen LogP contribution in [0.3, 0.4) is 0 Å². The van der Waals surface area contributed by atoms with Crippen LogP contribution in [0.25, 0.3) is 0 Å². The Morgan fingerprint density at radius 2 is 1.63 bits per heavy atom. The summed E-state index contributed by atoms with van der Waals surface area (Å²) < 4.78 is 23.6. The van der Waals surface area contributed by atoms with Crippen molar-refractivity contribution in [2.75, 3.05) is 36.0 Å². The molecular formula is C17H17N5O4S. The molecule has 1 fully saturated rings. The van der Waals surface area contributed by atoms with Crippen molar-refractivity contribution in [3.63, 3.8) is 0 Å². The van der Waals surface area contributed by atoms with E-state index in [0.29, 0.717) is 37.6 Å². The number of sulfonamides is 1. The van der Waals surface area contributed by atoms with Crippen molar-refractivity contribution < 1.29 is 13.3 Å². The molecule has 0 aromatic heterocycles. The number of para-hydroxylation sites is 1. The minimum atomic E-state index is -3.83. The molecule has 0 aliphatic carbocycles. The largest absolute Gasteiger partial charge is 0.367 e. The van der Waals surface area contributed by atoms with Crippen LogP contribution in [0.1, 0.15) is 5.56 Å². The van der Waals surface area contributed by atoms with Gasteiger partial charge in [-0.3, -0.25) is 10.1 Å². The van der Waals surface area contributed by atoms with Crippen LogP contribution in [0.5, 0.6) is 0 Å². The SMILES string of the molecule is N#Cc1cc([N+](=O)[O-])ccc1N1CCN(c2ccccc2S(N)(=O)=O)CC1. The number of piperazine rings is 1. The fourth-order valence-electron chi connectivity index (χ4n) is 3.15. The Morgan fingerprint density at radius 3 is 2.19 bits per heavy atom. The van der Waals surface area contributed by atoms with Gasteiger partial charge in [-0.25, -0.2) is 13.6 Å². The van der Waals surface area contributed by atoms with E-state index in [9.17, 15) is 23.8 Å². The molecule has 140 valence electrons. The molecule has 0 bridgehead atoms. The normalized spacial score (nSPS) is 14.7. The van der Waals surface area contributed by atoms with Crippen LogP contribution in [0, 0.1) is 21.4 Å². The highest BCUT2D eigenvalue weighted by Gasteiger charge is 2.24. The molecule has 0 radical (unpaired) electrons. The predicted molar refractivity (Wildman–Crippen MR) is 100 cm³/mol. The fourth-order valence-corrected chi connectivity index (χ4v) is 3.91. The number of rotatable bonds is 4. The zero-order valence-corrected chi connectivity index (χ0v) is 15.1. The van der Waals surface area contributed by atoms with Crippen molar-refractivity contribution >= 4 is 27.1 Å². The lowest BCUT2D eigenvalue weighted by Gasteiger charge is -2.38. The lowest BCUT2D eigenvalue weighted by Crippen LogP contribution is -2.47. The second kappa shape index (κ2) is 7.22. The summed E-state index contributed by atoms with van der Waals surface area (Å²) in [5.74, 6) is 0. The van der Waals surface area contributed by atoms with Crippen molar-refractivity contribution in [3.8, 4) is 6.07 Å². The topological polar surface area (TPSA) is 134 Å². The van der Waals surface area contributed by atoms with Crippen LogP contribution in [0.15, 0.2) is 47.4 Å². The van der Waals surface area contributed by atoms with E-state index < -0.39 is 14.9 Å². The molecule has 9 nitrogen and oxygen atoms in total. The first-order valence-corrected chi connectivity index (χ1v) is 9.66. The molecule has 1 heterocycles. The summed E-state index contributed by atoms with van der Waals surface area (Å²) in [5.41, 5.74) is 1.28. The summed E-state index contributed by atoms with van der Waals surface area (Å²) in [6.07, 6.45) is 0. The minimum absolute atomic E-state index is 0.0755. The third kappa shape index (κ3) is 3.84. The van der Waals surface area contributed by atoms with Crippen LogP contribution in [-0.4, -0.2) is 39.5 Å². The Labute approximate surface area is 156 Å². The van der Waals surface area contributed by atoms with Gasteiger partial charge in [-0.1, -0.05) is 12.1 Å². The molecule has 0 spiro atoms. The quantitative estimate of drug-likeness (QED) is 0.620. The van der Waals surface area contributed by atoms with Crippen LogP contribution in [0.4, 0.5) is 17.1 Å². The number of primary sulfonamides is 1. The minimum Gasteiger partial charge on any atom is -0.367 e. The Bertz CT molecular complexity index is 1020. The maximum absolute atomic E-state index is 11.8. The van der Waals surface area contributed by atoms with E-state index in [1.807, 2.05) is 15.9 Å². The number of hydrogen-bond acceptors (Lipinski definition) is 7. The molecule has 1 saturated heterocycles. The summed E-state index contributed by atoms with van der Waals surface area (Å²) in [4.78, 5) is 14.3. The molecule has 1 aliphatic rings. The smallest absolute Gasteiger partial charge is 0.270 e. The first-order chi connectivity index (χ1) is 12.8. The van der Waals surface area contributed by atoms with E-state index in [1.54, 1.807) is 24.3 Å². The standard InChI is InChI=1S/C17H17N5O4S/c18-12-13-11-14(22(23)24)5-6-15(13)20-7-9-21(10-8-20)16-3-1-2-4-17(16)27(19,25)26/h1-6,11H,7-10H2,(H2,19,25,26). The van der Waals surface area contributed by atoms with Crippen molar-refractivity contribution in [3.05, 3.63) is 58.1 Å². The van der Waals surface area contributed by atoms with Gasteiger partial charge in [0.15, 0.2) is 0 Å². The van der Waals surface area contributed by atoms with Gasteiger partial charge in [-0.2, -0.15) is 5.26 Å². The molecule has 1 aliphatic heterocycles. The molecule has 0 atom stereocenters. The number of nitrogens with two attached hydrogens (primary N) is 1. The second-order valence-electron chi connectivity index (χ2n) is 6.06. The number of anilines is 2. The summed E-state index contributed by atoms with van der Waals surface area (Å²) in [6.45, 7) is 2.11. The molecule has 2 N–H and O–H groups in total. The summed E-state index contributed by atoms with van der Waals surface area (Å²) in [6, 6.07) is 12.8. The highest BCUT2D eigenvalue weighted by molar-refractivity contribution is 7.89. The predicted octanol–water partition coefficient (Wildman–Crippen LogP) is 1.44. The molecule has 2 aromatic carbocycles. The first-order valence-electron chi connectivity index (χ1n) is 8.11. The number of nitro benzene ring substituents is 1. The Hall–Kier alpha value is -3.16. The number of benzene rings is 2. The lowest BCUT2D eigenvalue weighted by atomic mass is 10.1. The molecule has 0 amide bonds. The molecule has 2 aromatic rings. The number of nitro groups is 1. The molecule has 0 unspecified atom stereocenters. The first kappa shape index (κ1) is 18.6. The van der Waals surface area contributed by atoms with E-state index in [-0.39, 0.29) is 16.1 Å². The third-order valence-corrected chi connectivity index (χ3v) is 5.40. The summed E-state index contributed by atoms with van der Waals surface area (Å²) in [5, 5.41) is 25.5. The Kier molecular flexibility index (Phi) is 4.98. The van der Waals surface area contributed by atoms with Gasteiger partial charge in [0.25, 0.3) is 5.69 Å². The van der Waals surface area contributed by atoms with Crippen molar-refractivity contribution in [2.45, 2.75) is 4.90 Å². The van der Waals surface area contributed by atoms with Crippen molar-refractivity contribution in [2.24, 2.45) is 5.14 Å². The van der Waals surface area contributed by atoms with Crippen molar-refractivity contribution in [1.29, 1.82) is 5.26 Å². The van der Waals surface area contributed by atoms with Gasteiger partial charge < -0.3 is 9.80 Å². The van der Waals surface area contributed by atoms with Gasteiger partial charge in [0, 0.05) is 38.3 Å². The average Bonchev–Trinajstić information content (AvgIpc) is 2.67. The number of nitrogens with zero attached hydrogens (tertiary/aromatic N) is 4. The Balaban J connectivity index is 1.81. The molecule has 3 rings (SSSR count). The molecular weight excluding hydrogens is 370 g/mol. The Morgan fingerprint density at radius 1 is 1.04 bits per heavy atom. The molecule has 0 saturated carbocycles. The van der Waals surface area contributed by atoms with Gasteiger partial charge in [-0.15, -0.1) is 0 Å². The molecule has 27 heavy (non-hydrogen) atoms. The van der Waals surface area contributed by atoms with Crippen LogP contribution in [-0.2, 0) is 10.0 Å². The average molecular weight is 387 g/mol. The molecule has 10 heteroatoms. The van der Waals surface area contributed by atoms with Gasteiger partial charge in [0.05, 0.1) is 21.9 Å². The number of nitriles is 1. The van der Waals surface area contributed by atoms with Crippen LogP contribution >= 0.6 is 0 Å². The van der Waals surface area contributed by atoms with E-state index in [0.717, 1.165) is 0 Å². The van der Waals surface area contributed by atoms with Gasteiger partial charge in [0.2, 0.25) is 10.0 Å². The van der Waals surface area contributed by atoms with Gasteiger partial charge in [0.1, 0.15) is 11.0 Å². The summed E-state index contributed by atoms with van der Waals surface area (Å²) >= 11 is 0. The third-order valence-electron chi connectivity index (χ3n) is 4.44. The van der Waals surface area contributed by atoms with Crippen LogP contribution < -0.4 is 14.9 Å². The zero-order valence-electron chi connectivity index (χ0n) is 14.3. The van der Waals surface area contributed by atoms with Gasteiger partial charge in [-0.05, 0) is 18.2 Å². The monoisotopic (exact) mass is 387 g/mol. The van der Waals surface area contributed by atoms with E-state index in [4.69, 9.17) is 5.14 Å². The van der Waals surface area contributed by atoms with E-state index in [1.165, 1.54) is 18.2 Å². The van der Waals surface area contributed by atoms with E-state index in [2.05, 4.69) is 0 Å². The zero-order chi connectivity index (χ0) is 19.6. The number of hydrogen-bond donors (Lipinski definition) is 1. The highest BCUT2D eigenvalue weighted by atomic mass is 32.2. The highest BCUT2D eigenvalue weighted by Crippen LogP contribution is 2.29. The van der Waals surface area contributed by atoms with Crippen molar-refractivity contribution in [1.82, 2.24) is 0 Å². The van der Waals surface area contributed by atoms with Gasteiger partial charge >= 0.3 is 0 Å². The summed E-state index contributed by atoms with van der Waals surface area (Å²) in [7, 11) is -3.83. The van der Waals surface area contributed by atoms with Crippen LogP contribution in [0.2, 0.25) is 0 Å². The fraction of sp³-hybridized carbons (Fsp3) is 0.235. The second-order valence-corrected chi connectivity index (χ2v) is 7.59. The maximum atomic E-state index is 11.8. The van der Waals surface area contributed by atoms with E-state index >= 15 is 0 Å². The maximum Gasteiger partial charge on any atom is 0.270 e. The lowest BCUT2D eigenvalue weighted by molar-refractivity contribution is -0.384.